The number of hydrogen-bond acceptors (Lipinski definition) is 4. The fourth-order valence-corrected chi connectivity index (χ4v) is 1.78. The zero-order chi connectivity index (χ0) is 16.0. The maximum Gasteiger partial charge on any atom is 0.221 e. The third-order valence-electron chi connectivity index (χ3n) is 2.69. The Labute approximate surface area is 134 Å². The van der Waals surface area contributed by atoms with Crippen molar-refractivity contribution in [1.29, 1.82) is 0 Å². The summed E-state index contributed by atoms with van der Waals surface area (Å²) >= 11 is 12.0. The van der Waals surface area contributed by atoms with Crippen molar-refractivity contribution < 1.29 is 14.6 Å². The molecule has 0 spiro atoms. The van der Waals surface area contributed by atoms with Gasteiger partial charge in [0.1, 0.15) is 23.5 Å². The van der Waals surface area contributed by atoms with E-state index in [9.17, 15) is 9.90 Å². The van der Waals surface area contributed by atoms with E-state index in [1.807, 2.05) is 0 Å². The molecule has 1 atom stereocenters. The second kappa shape index (κ2) is 7.84. The Hall–Kier alpha value is -1.01. The molecule has 7 heteroatoms. The van der Waals surface area contributed by atoms with E-state index < -0.39 is 11.1 Å². The summed E-state index contributed by atoms with van der Waals surface area (Å²) in [6.45, 7) is 3.72. The van der Waals surface area contributed by atoms with Crippen molar-refractivity contribution in [3.8, 4) is 5.75 Å². The fraction of sp³-hybridized carbons (Fsp3) is 0.500. The summed E-state index contributed by atoms with van der Waals surface area (Å²) in [5.74, 6) is 0.207. The molecule has 1 rings (SSSR count). The van der Waals surface area contributed by atoms with Gasteiger partial charge in [-0.1, -0.05) is 12.1 Å². The molecule has 0 bridgehead atoms. The van der Waals surface area contributed by atoms with E-state index in [2.05, 4.69) is 0 Å². The van der Waals surface area contributed by atoms with Gasteiger partial charge in [0.05, 0.1) is 6.42 Å². The van der Waals surface area contributed by atoms with Crippen LogP contribution < -0.4 is 10.5 Å². The van der Waals surface area contributed by atoms with Gasteiger partial charge < -0.3 is 15.6 Å². The zero-order valence-electron chi connectivity index (χ0n) is 12.1. The van der Waals surface area contributed by atoms with E-state index in [0.29, 0.717) is 5.75 Å². The molecule has 3 N–H and O–H groups in total. The summed E-state index contributed by atoms with van der Waals surface area (Å²) in [7, 11) is 0. The van der Waals surface area contributed by atoms with Crippen molar-refractivity contribution >= 4 is 29.3 Å². The average Bonchev–Trinajstić information content (AvgIpc) is 2.36. The van der Waals surface area contributed by atoms with Crippen molar-refractivity contribution in [3.63, 3.8) is 0 Å². The highest BCUT2D eigenvalue weighted by molar-refractivity contribution is 6.27. The summed E-state index contributed by atoms with van der Waals surface area (Å²) in [5, 5.41) is 9.85. The van der Waals surface area contributed by atoms with Crippen molar-refractivity contribution in [2.75, 3.05) is 13.2 Å². The number of nitrogens with two attached hydrogens (primary N) is 1. The van der Waals surface area contributed by atoms with Gasteiger partial charge in [-0.25, -0.2) is 0 Å². The molecule has 0 fully saturated rings. The van der Waals surface area contributed by atoms with Gasteiger partial charge in [-0.15, -0.1) is 11.6 Å². The maximum atomic E-state index is 10.8. The van der Waals surface area contributed by atoms with Crippen LogP contribution in [0.25, 0.3) is 0 Å². The van der Waals surface area contributed by atoms with E-state index in [0.717, 1.165) is 5.56 Å². The first kappa shape index (κ1) is 18.0. The Kier molecular flexibility index (Phi) is 6.74. The molecule has 0 aliphatic rings. The predicted molar refractivity (Wildman–Crippen MR) is 83.3 cm³/mol. The van der Waals surface area contributed by atoms with E-state index in [-0.39, 0.29) is 25.5 Å². The first-order valence-electron chi connectivity index (χ1n) is 6.49. The van der Waals surface area contributed by atoms with Gasteiger partial charge in [0, 0.05) is 6.54 Å². The van der Waals surface area contributed by atoms with E-state index in [4.69, 9.17) is 33.8 Å². The molecule has 0 saturated heterocycles. The lowest BCUT2D eigenvalue weighted by Gasteiger charge is -2.28. The molecule has 0 aliphatic heterocycles. The lowest BCUT2D eigenvalue weighted by Crippen LogP contribution is -2.39. The van der Waals surface area contributed by atoms with Crippen LogP contribution >= 0.6 is 23.4 Å². The number of carbonyl (C=O) groups excluding carboxylic acids is 1. The van der Waals surface area contributed by atoms with Crippen LogP contribution in [-0.2, 0) is 11.2 Å². The molecule has 0 aromatic heterocycles. The lowest BCUT2D eigenvalue weighted by atomic mass is 10.1. The largest absolute Gasteiger partial charge is 0.491 e. The monoisotopic (exact) mass is 334 g/mol. The molecule has 0 radical (unpaired) electrons. The highest BCUT2D eigenvalue weighted by atomic mass is 35.5. The molecule has 1 aromatic rings. The van der Waals surface area contributed by atoms with Crippen LogP contribution in [0.5, 0.6) is 5.75 Å². The number of aliphatic hydroxyl groups excluding tert-OH is 1. The number of ether oxygens (including phenoxy) is 1. The third kappa shape index (κ3) is 7.00. The van der Waals surface area contributed by atoms with E-state index in [1.54, 1.807) is 38.1 Å². The normalized spacial score (nSPS) is 13.2. The standard InChI is InChI=1S/C14H20Cl2N2O3/c1-14(2,15)18(16)8-11(19)9-21-12-5-3-10(4-6-12)7-13(17)20/h3-6,11,19H,7-9H2,1-2H3,(H2,17,20). The fourth-order valence-electron chi connectivity index (χ4n) is 1.55. The molecule has 5 nitrogen and oxygen atoms in total. The summed E-state index contributed by atoms with van der Waals surface area (Å²) < 4.78 is 6.76. The number of carbonyl (C=O) groups is 1. The number of benzene rings is 1. The Morgan fingerprint density at radius 1 is 1.43 bits per heavy atom. The number of hydrogen-bond donors (Lipinski definition) is 2. The summed E-state index contributed by atoms with van der Waals surface area (Å²) in [5.41, 5.74) is 5.92. The molecule has 0 heterocycles. The van der Waals surface area contributed by atoms with Crippen LogP contribution in [0.4, 0.5) is 0 Å². The van der Waals surface area contributed by atoms with Crippen LogP contribution in [0.15, 0.2) is 24.3 Å². The first-order valence-corrected chi connectivity index (χ1v) is 7.20. The second-order valence-corrected chi connectivity index (χ2v) is 6.54. The molecular weight excluding hydrogens is 315 g/mol. The minimum Gasteiger partial charge on any atom is -0.491 e. The van der Waals surface area contributed by atoms with Crippen LogP contribution in [0.3, 0.4) is 0 Å². The van der Waals surface area contributed by atoms with Crippen molar-refractivity contribution in [2.45, 2.75) is 31.4 Å². The van der Waals surface area contributed by atoms with Crippen LogP contribution in [0.1, 0.15) is 19.4 Å². The van der Waals surface area contributed by atoms with Crippen molar-refractivity contribution in [1.82, 2.24) is 4.42 Å². The van der Waals surface area contributed by atoms with Gasteiger partial charge in [0.2, 0.25) is 5.91 Å². The number of halogens is 2. The van der Waals surface area contributed by atoms with Crippen molar-refractivity contribution in [3.05, 3.63) is 29.8 Å². The van der Waals surface area contributed by atoms with Gasteiger partial charge in [0.25, 0.3) is 0 Å². The Morgan fingerprint density at radius 2 is 2.00 bits per heavy atom. The number of nitrogens with zero attached hydrogens (tertiary/aromatic N) is 1. The quantitative estimate of drug-likeness (QED) is 0.432. The minimum atomic E-state index is -0.772. The van der Waals surface area contributed by atoms with E-state index in [1.165, 1.54) is 4.42 Å². The summed E-state index contributed by atoms with van der Waals surface area (Å²) in [6, 6.07) is 6.94. The Balaban J connectivity index is 2.42. The Bertz CT molecular complexity index is 460. The lowest BCUT2D eigenvalue weighted by molar-refractivity contribution is -0.117. The molecule has 1 amide bonds. The number of primary amides is 1. The van der Waals surface area contributed by atoms with E-state index >= 15 is 0 Å². The van der Waals surface area contributed by atoms with Gasteiger partial charge in [0.15, 0.2) is 0 Å². The number of rotatable bonds is 8. The van der Waals surface area contributed by atoms with Gasteiger partial charge in [-0.3, -0.25) is 4.79 Å². The molecule has 1 unspecified atom stereocenters. The summed E-state index contributed by atoms with van der Waals surface area (Å²) in [6.07, 6.45) is -0.583. The second-order valence-electron chi connectivity index (χ2n) is 5.21. The molecule has 118 valence electrons. The van der Waals surface area contributed by atoms with Gasteiger partial charge in [-0.05, 0) is 43.3 Å². The van der Waals surface area contributed by atoms with Gasteiger partial charge in [-0.2, -0.15) is 4.42 Å². The number of alkyl halides is 1. The topological polar surface area (TPSA) is 75.8 Å². The number of amides is 1. The average molecular weight is 335 g/mol. The molecule has 0 aliphatic carbocycles. The van der Waals surface area contributed by atoms with Crippen molar-refractivity contribution in [2.24, 2.45) is 5.73 Å². The highest BCUT2D eigenvalue weighted by Gasteiger charge is 2.24. The molecule has 1 aromatic carbocycles. The number of aliphatic hydroxyl groups is 1. The Morgan fingerprint density at radius 3 is 2.48 bits per heavy atom. The van der Waals surface area contributed by atoms with Crippen LogP contribution in [0.2, 0.25) is 0 Å². The van der Waals surface area contributed by atoms with Crippen LogP contribution in [-0.4, -0.2) is 39.7 Å². The van der Waals surface area contributed by atoms with Gasteiger partial charge >= 0.3 is 0 Å². The maximum absolute atomic E-state index is 10.8. The molecular formula is C14H20Cl2N2O3. The third-order valence-corrected chi connectivity index (χ3v) is 3.54. The van der Waals surface area contributed by atoms with Crippen LogP contribution in [0, 0.1) is 0 Å². The molecule has 0 saturated carbocycles. The zero-order valence-corrected chi connectivity index (χ0v) is 13.6. The first-order chi connectivity index (χ1) is 9.68. The smallest absolute Gasteiger partial charge is 0.221 e. The predicted octanol–water partition coefficient (Wildman–Crippen LogP) is 1.88. The minimum absolute atomic E-state index is 0.0886. The summed E-state index contributed by atoms with van der Waals surface area (Å²) in [4.78, 5) is 10.0. The highest BCUT2D eigenvalue weighted by Crippen LogP contribution is 2.22. The molecule has 21 heavy (non-hydrogen) atoms. The SMILES string of the molecule is CC(C)(Cl)N(Cl)CC(O)COc1ccc(CC(N)=O)cc1.